The second-order valence-corrected chi connectivity index (χ2v) is 9.88. The molecular weight excluding hydrogens is 520 g/mol. The zero-order valence-electron chi connectivity index (χ0n) is 22.1. The largest absolute Gasteiger partial charge is 0.481 e. The summed E-state index contributed by atoms with van der Waals surface area (Å²) in [5.74, 6) is -1.46. The number of carbonyl (C=O) groups is 4. The van der Waals surface area contributed by atoms with Gasteiger partial charge in [-0.25, -0.2) is 14.8 Å². The zero-order valence-corrected chi connectivity index (χ0v) is 22.1. The van der Waals surface area contributed by atoms with E-state index in [1.807, 2.05) is 35.2 Å². The molecule has 4 rings (SSSR count). The van der Waals surface area contributed by atoms with E-state index in [1.165, 1.54) is 15.9 Å². The minimum atomic E-state index is -1.14. The molecule has 3 heterocycles. The zero-order chi connectivity index (χ0) is 28.6. The molecule has 13 nitrogen and oxygen atoms in total. The molecule has 2 atom stereocenters. The summed E-state index contributed by atoms with van der Waals surface area (Å²) in [5, 5.41) is 31.0. The van der Waals surface area contributed by atoms with Crippen molar-refractivity contribution in [3.05, 3.63) is 42.1 Å². The number of carbonyl (C=O) groups excluding carboxylic acids is 2. The second-order valence-electron chi connectivity index (χ2n) is 9.88. The number of nitrogens with zero attached hydrogens (tertiary/aromatic N) is 5. The Bertz CT molecular complexity index is 1220. The number of aliphatic hydroxyl groups excluding tert-OH is 1. The number of piperidine rings is 1. The molecule has 2 fully saturated rings. The SMILES string of the molecule is O=C(O)CCC(NC(=O)c1cc(N2CCCCC2CO)nc(-c2ccccc2)n1)C(=O)N1CCN(C(=O)O)CC1. The van der Waals surface area contributed by atoms with Crippen molar-refractivity contribution in [1.29, 1.82) is 0 Å². The van der Waals surface area contributed by atoms with Crippen LogP contribution in [0.2, 0.25) is 0 Å². The number of hydrogen-bond acceptors (Lipinski definition) is 8. The lowest BCUT2D eigenvalue weighted by Gasteiger charge is -2.36. The third-order valence-electron chi connectivity index (χ3n) is 7.22. The minimum Gasteiger partial charge on any atom is -0.481 e. The summed E-state index contributed by atoms with van der Waals surface area (Å²) in [7, 11) is 0. The molecule has 13 heteroatoms. The molecule has 2 saturated heterocycles. The standard InChI is InChI=1S/C27H34N6O7/c34-17-19-8-4-5-11-33(19)22-16-21(28-24(30-22)18-6-2-1-3-7-18)25(37)29-20(9-10-23(35)36)26(38)31-12-14-32(15-13-31)27(39)40/h1-3,6-7,16,19-20,34H,4-5,8-15,17H2,(H,29,37)(H,35,36)(H,39,40). The van der Waals surface area contributed by atoms with Gasteiger partial charge in [-0.3, -0.25) is 14.4 Å². The quantitative estimate of drug-likeness (QED) is 0.353. The Balaban J connectivity index is 1.61. The first-order valence-corrected chi connectivity index (χ1v) is 13.4. The van der Waals surface area contributed by atoms with Crippen molar-refractivity contribution in [3.8, 4) is 11.4 Å². The van der Waals surface area contributed by atoms with E-state index in [4.69, 9.17) is 4.98 Å². The molecule has 1 aromatic heterocycles. The fourth-order valence-corrected chi connectivity index (χ4v) is 5.00. The van der Waals surface area contributed by atoms with Gasteiger partial charge in [-0.2, -0.15) is 0 Å². The maximum Gasteiger partial charge on any atom is 0.407 e. The molecule has 0 bridgehead atoms. The van der Waals surface area contributed by atoms with Crippen LogP contribution in [0.25, 0.3) is 11.4 Å². The van der Waals surface area contributed by atoms with Crippen molar-refractivity contribution in [2.24, 2.45) is 0 Å². The minimum absolute atomic E-state index is 0.00920. The Morgan fingerprint density at radius 3 is 2.30 bits per heavy atom. The van der Waals surface area contributed by atoms with Crippen LogP contribution in [-0.2, 0) is 9.59 Å². The predicted molar refractivity (Wildman–Crippen MR) is 144 cm³/mol. The highest BCUT2D eigenvalue weighted by molar-refractivity contribution is 5.97. The lowest BCUT2D eigenvalue weighted by atomic mass is 10.0. The van der Waals surface area contributed by atoms with Crippen LogP contribution in [-0.4, -0.2) is 110 Å². The Labute approximate surface area is 231 Å². The van der Waals surface area contributed by atoms with Gasteiger partial charge in [0.05, 0.1) is 12.6 Å². The molecule has 40 heavy (non-hydrogen) atoms. The summed E-state index contributed by atoms with van der Waals surface area (Å²) in [6, 6.07) is 9.37. The van der Waals surface area contributed by atoms with E-state index in [0.29, 0.717) is 23.8 Å². The normalized spacial score (nSPS) is 18.2. The highest BCUT2D eigenvalue weighted by Crippen LogP contribution is 2.26. The summed E-state index contributed by atoms with van der Waals surface area (Å²) in [6.45, 7) is 1.11. The summed E-state index contributed by atoms with van der Waals surface area (Å²) < 4.78 is 0. The average molecular weight is 555 g/mol. The highest BCUT2D eigenvalue weighted by atomic mass is 16.4. The third kappa shape index (κ3) is 7.03. The van der Waals surface area contributed by atoms with E-state index >= 15 is 0 Å². The number of aromatic nitrogens is 2. The lowest BCUT2D eigenvalue weighted by Crippen LogP contribution is -2.55. The first-order chi connectivity index (χ1) is 19.3. The molecule has 2 aliphatic heterocycles. The number of benzene rings is 1. The van der Waals surface area contributed by atoms with E-state index in [-0.39, 0.29) is 57.4 Å². The fraction of sp³-hybridized carbons (Fsp3) is 0.481. The number of aliphatic carboxylic acids is 1. The molecule has 3 amide bonds. The van der Waals surface area contributed by atoms with Crippen molar-refractivity contribution in [2.75, 3.05) is 44.2 Å². The van der Waals surface area contributed by atoms with Gasteiger partial charge in [0.1, 0.15) is 17.6 Å². The summed E-state index contributed by atoms with van der Waals surface area (Å²) in [6.07, 6.45) is 1.10. The van der Waals surface area contributed by atoms with Crippen molar-refractivity contribution in [3.63, 3.8) is 0 Å². The maximum atomic E-state index is 13.5. The summed E-state index contributed by atoms with van der Waals surface area (Å²) in [4.78, 5) is 63.1. The number of aliphatic hydroxyl groups is 1. The Kier molecular flexibility index (Phi) is 9.48. The van der Waals surface area contributed by atoms with Gasteiger partial charge in [0.25, 0.3) is 5.91 Å². The topological polar surface area (TPSA) is 176 Å². The first kappa shape index (κ1) is 28.7. The van der Waals surface area contributed by atoms with Gasteiger partial charge in [-0.15, -0.1) is 0 Å². The molecule has 0 saturated carbocycles. The molecule has 0 radical (unpaired) electrons. The van der Waals surface area contributed by atoms with Crippen molar-refractivity contribution in [2.45, 2.75) is 44.2 Å². The Morgan fingerprint density at radius 1 is 0.950 bits per heavy atom. The molecular formula is C27H34N6O7. The third-order valence-corrected chi connectivity index (χ3v) is 7.22. The molecule has 214 valence electrons. The second kappa shape index (κ2) is 13.2. The number of rotatable bonds is 9. The van der Waals surface area contributed by atoms with Crippen LogP contribution in [0, 0.1) is 0 Å². The van der Waals surface area contributed by atoms with Crippen molar-refractivity contribution >= 4 is 29.7 Å². The molecule has 2 unspecified atom stereocenters. The number of carboxylic acid groups (broad SMARTS) is 2. The molecule has 2 aliphatic rings. The maximum absolute atomic E-state index is 13.5. The number of anilines is 1. The van der Waals surface area contributed by atoms with Gasteiger partial charge in [-0.1, -0.05) is 30.3 Å². The number of amides is 3. The smallest absolute Gasteiger partial charge is 0.407 e. The molecule has 4 N–H and O–H groups in total. The average Bonchev–Trinajstić information content (AvgIpc) is 2.98. The van der Waals surface area contributed by atoms with Gasteiger partial charge in [0.2, 0.25) is 5.91 Å². The van der Waals surface area contributed by atoms with Gasteiger partial charge in [0.15, 0.2) is 5.82 Å². The molecule has 0 aliphatic carbocycles. The summed E-state index contributed by atoms with van der Waals surface area (Å²) >= 11 is 0. The van der Waals surface area contributed by atoms with Crippen LogP contribution in [0.15, 0.2) is 36.4 Å². The van der Waals surface area contributed by atoms with Crippen LogP contribution in [0.5, 0.6) is 0 Å². The van der Waals surface area contributed by atoms with Crippen LogP contribution in [0.4, 0.5) is 10.6 Å². The monoisotopic (exact) mass is 554 g/mol. The van der Waals surface area contributed by atoms with Gasteiger partial charge < -0.3 is 35.3 Å². The molecule has 1 aromatic carbocycles. The number of hydrogen-bond donors (Lipinski definition) is 4. The van der Waals surface area contributed by atoms with E-state index in [1.54, 1.807) is 0 Å². The molecule has 2 aromatic rings. The van der Waals surface area contributed by atoms with Crippen LogP contribution >= 0.6 is 0 Å². The van der Waals surface area contributed by atoms with E-state index < -0.39 is 29.9 Å². The lowest BCUT2D eigenvalue weighted by molar-refractivity contribution is -0.138. The Morgan fingerprint density at radius 2 is 1.65 bits per heavy atom. The van der Waals surface area contributed by atoms with Crippen molar-refractivity contribution < 1.29 is 34.5 Å². The highest BCUT2D eigenvalue weighted by Gasteiger charge is 2.31. The summed E-state index contributed by atoms with van der Waals surface area (Å²) in [5.41, 5.74) is 0.695. The van der Waals surface area contributed by atoms with Crippen LogP contribution in [0.1, 0.15) is 42.6 Å². The van der Waals surface area contributed by atoms with E-state index in [9.17, 15) is 34.5 Å². The van der Waals surface area contributed by atoms with Gasteiger partial charge in [-0.05, 0) is 25.7 Å². The number of piperazine rings is 1. The van der Waals surface area contributed by atoms with Crippen LogP contribution < -0.4 is 10.2 Å². The van der Waals surface area contributed by atoms with Crippen molar-refractivity contribution in [1.82, 2.24) is 25.1 Å². The Hall–Kier alpha value is -4.26. The number of nitrogens with one attached hydrogen (secondary N) is 1. The van der Waals surface area contributed by atoms with Crippen LogP contribution in [0.3, 0.4) is 0 Å². The van der Waals surface area contributed by atoms with Gasteiger partial charge in [0, 0.05) is 50.8 Å². The first-order valence-electron chi connectivity index (χ1n) is 13.4. The fourth-order valence-electron chi connectivity index (χ4n) is 5.00. The number of carboxylic acids is 1. The predicted octanol–water partition coefficient (Wildman–Crippen LogP) is 1.28. The van der Waals surface area contributed by atoms with E-state index in [0.717, 1.165) is 19.3 Å². The molecule has 0 spiro atoms. The van der Waals surface area contributed by atoms with E-state index in [2.05, 4.69) is 10.3 Å². The van der Waals surface area contributed by atoms with Gasteiger partial charge >= 0.3 is 12.1 Å².